The second-order valence-electron chi connectivity index (χ2n) is 6.08. The monoisotopic (exact) mass is 284 g/mol. The molecule has 1 aliphatic heterocycles. The second-order valence-corrected chi connectivity index (χ2v) is 6.08. The average molecular weight is 284 g/mol. The number of hydrogen-bond donors (Lipinski definition) is 1. The van der Waals surface area contributed by atoms with Crippen LogP contribution in [-0.4, -0.2) is 49.8 Å². The lowest BCUT2D eigenvalue weighted by Gasteiger charge is -2.37. The first-order valence-corrected chi connectivity index (χ1v) is 8.89. The van der Waals surface area contributed by atoms with E-state index in [1.165, 1.54) is 51.5 Å². The van der Waals surface area contributed by atoms with Gasteiger partial charge < -0.3 is 10.1 Å². The zero-order valence-corrected chi connectivity index (χ0v) is 14.0. The van der Waals surface area contributed by atoms with Crippen LogP contribution in [0.3, 0.4) is 0 Å². The van der Waals surface area contributed by atoms with E-state index in [-0.39, 0.29) is 0 Å². The third kappa shape index (κ3) is 7.05. The number of rotatable bonds is 11. The van der Waals surface area contributed by atoms with Crippen LogP contribution in [0.5, 0.6) is 0 Å². The van der Waals surface area contributed by atoms with Gasteiger partial charge in [0.05, 0.1) is 12.7 Å². The molecule has 2 atom stereocenters. The molecule has 1 rings (SSSR count). The Balaban J connectivity index is 2.31. The Hall–Kier alpha value is -0.120. The molecule has 2 unspecified atom stereocenters. The van der Waals surface area contributed by atoms with E-state index in [1.54, 1.807) is 0 Å². The maximum atomic E-state index is 6.04. The van der Waals surface area contributed by atoms with E-state index in [9.17, 15) is 0 Å². The van der Waals surface area contributed by atoms with Crippen molar-refractivity contribution in [2.45, 2.75) is 77.9 Å². The van der Waals surface area contributed by atoms with Gasteiger partial charge in [-0.05, 0) is 25.9 Å². The molecule has 0 aromatic rings. The number of nitrogens with one attached hydrogen (secondary N) is 1. The highest BCUT2D eigenvalue weighted by Crippen LogP contribution is 2.15. The molecule has 0 bridgehead atoms. The molecule has 0 amide bonds. The van der Waals surface area contributed by atoms with Crippen molar-refractivity contribution in [2.75, 3.05) is 32.8 Å². The van der Waals surface area contributed by atoms with Crippen molar-refractivity contribution >= 4 is 0 Å². The summed E-state index contributed by atoms with van der Waals surface area (Å²) in [5, 5.41) is 3.65. The number of hydrogen-bond acceptors (Lipinski definition) is 3. The summed E-state index contributed by atoms with van der Waals surface area (Å²) in [5.74, 6) is 0. The predicted molar refractivity (Wildman–Crippen MR) is 87.3 cm³/mol. The van der Waals surface area contributed by atoms with E-state index in [4.69, 9.17) is 4.74 Å². The fourth-order valence-corrected chi connectivity index (χ4v) is 3.14. The van der Waals surface area contributed by atoms with Crippen LogP contribution in [0.2, 0.25) is 0 Å². The summed E-state index contributed by atoms with van der Waals surface area (Å²) >= 11 is 0. The summed E-state index contributed by atoms with van der Waals surface area (Å²) in [6.07, 6.45) is 9.72. The Morgan fingerprint density at radius 3 is 2.60 bits per heavy atom. The Kier molecular flexibility index (Phi) is 10.3. The van der Waals surface area contributed by atoms with Gasteiger partial charge in [-0.2, -0.15) is 0 Å². The van der Waals surface area contributed by atoms with Gasteiger partial charge in [-0.15, -0.1) is 0 Å². The molecule has 1 fully saturated rings. The molecule has 0 aliphatic carbocycles. The smallest absolute Gasteiger partial charge is 0.0855 e. The van der Waals surface area contributed by atoms with Crippen LogP contribution < -0.4 is 5.32 Å². The molecule has 0 radical (unpaired) electrons. The van der Waals surface area contributed by atoms with Crippen molar-refractivity contribution in [3.63, 3.8) is 0 Å². The largest absolute Gasteiger partial charge is 0.374 e. The maximum Gasteiger partial charge on any atom is 0.0855 e. The number of nitrogens with zero attached hydrogens (tertiary/aromatic N) is 1. The van der Waals surface area contributed by atoms with Crippen molar-refractivity contribution in [1.29, 1.82) is 0 Å². The first-order chi connectivity index (χ1) is 9.81. The van der Waals surface area contributed by atoms with Gasteiger partial charge in [0, 0.05) is 19.1 Å². The van der Waals surface area contributed by atoms with Gasteiger partial charge >= 0.3 is 0 Å². The van der Waals surface area contributed by atoms with E-state index in [0.29, 0.717) is 12.1 Å². The molecule has 120 valence electrons. The molecular weight excluding hydrogens is 248 g/mol. The highest BCUT2D eigenvalue weighted by molar-refractivity contribution is 4.82. The Morgan fingerprint density at radius 2 is 1.90 bits per heavy atom. The van der Waals surface area contributed by atoms with Crippen molar-refractivity contribution in [2.24, 2.45) is 0 Å². The first kappa shape index (κ1) is 17.9. The number of unbranched alkanes of at least 4 members (excludes halogenated alkanes) is 4. The van der Waals surface area contributed by atoms with Gasteiger partial charge in [-0.25, -0.2) is 0 Å². The topological polar surface area (TPSA) is 24.5 Å². The number of likely N-dealkylation sites (N-methyl/N-ethyl adjacent to an activating group) is 1. The zero-order chi connectivity index (χ0) is 14.6. The van der Waals surface area contributed by atoms with Crippen LogP contribution in [0.15, 0.2) is 0 Å². The molecule has 0 saturated carbocycles. The minimum atomic E-state index is 0.390. The molecular formula is C17H36N2O. The van der Waals surface area contributed by atoms with E-state index in [2.05, 4.69) is 31.0 Å². The maximum absolute atomic E-state index is 6.04. The van der Waals surface area contributed by atoms with Gasteiger partial charge in [-0.3, -0.25) is 4.90 Å². The highest BCUT2D eigenvalue weighted by Gasteiger charge is 2.26. The van der Waals surface area contributed by atoms with Crippen LogP contribution in [0.25, 0.3) is 0 Å². The predicted octanol–water partition coefficient (Wildman–Crippen LogP) is 3.44. The third-order valence-electron chi connectivity index (χ3n) is 4.25. The SMILES string of the molecule is CCCCCCCC(NCC)C1CN(CCC)CCO1. The van der Waals surface area contributed by atoms with Crippen LogP contribution in [0.1, 0.15) is 65.7 Å². The van der Waals surface area contributed by atoms with E-state index in [1.807, 2.05) is 0 Å². The normalized spacial score (nSPS) is 22.1. The minimum absolute atomic E-state index is 0.390. The standard InChI is InChI=1S/C17H36N2O/c1-4-7-8-9-10-11-16(18-6-3)17-15-19(12-5-2)13-14-20-17/h16-18H,4-15H2,1-3H3. The van der Waals surface area contributed by atoms with E-state index >= 15 is 0 Å². The first-order valence-electron chi connectivity index (χ1n) is 8.89. The van der Waals surface area contributed by atoms with Crippen molar-refractivity contribution in [3.05, 3.63) is 0 Å². The Morgan fingerprint density at radius 1 is 1.10 bits per heavy atom. The number of morpholine rings is 1. The van der Waals surface area contributed by atoms with Crippen molar-refractivity contribution in [3.8, 4) is 0 Å². The van der Waals surface area contributed by atoms with Crippen LogP contribution in [-0.2, 0) is 4.74 Å². The minimum Gasteiger partial charge on any atom is -0.374 e. The van der Waals surface area contributed by atoms with Crippen molar-refractivity contribution in [1.82, 2.24) is 10.2 Å². The van der Waals surface area contributed by atoms with Gasteiger partial charge in [0.25, 0.3) is 0 Å². The summed E-state index contributed by atoms with van der Waals surface area (Å²) in [6.45, 7) is 12.1. The summed E-state index contributed by atoms with van der Waals surface area (Å²) in [7, 11) is 0. The average Bonchev–Trinajstić information content (AvgIpc) is 2.46. The van der Waals surface area contributed by atoms with Crippen molar-refractivity contribution < 1.29 is 4.74 Å². The summed E-state index contributed by atoms with van der Waals surface area (Å²) < 4.78 is 6.04. The lowest BCUT2D eigenvalue weighted by molar-refractivity contribution is -0.0476. The summed E-state index contributed by atoms with van der Waals surface area (Å²) in [5.41, 5.74) is 0. The molecule has 0 spiro atoms. The summed E-state index contributed by atoms with van der Waals surface area (Å²) in [6, 6.07) is 0.543. The molecule has 3 nitrogen and oxygen atoms in total. The van der Waals surface area contributed by atoms with E-state index < -0.39 is 0 Å². The Labute approximate surface area is 126 Å². The van der Waals surface area contributed by atoms with E-state index in [0.717, 1.165) is 26.2 Å². The quantitative estimate of drug-likeness (QED) is 0.588. The fourth-order valence-electron chi connectivity index (χ4n) is 3.14. The van der Waals surface area contributed by atoms with Crippen LogP contribution in [0, 0.1) is 0 Å². The second kappa shape index (κ2) is 11.5. The molecule has 20 heavy (non-hydrogen) atoms. The molecule has 1 N–H and O–H groups in total. The zero-order valence-electron chi connectivity index (χ0n) is 14.0. The van der Waals surface area contributed by atoms with Gasteiger partial charge in [0.1, 0.15) is 0 Å². The third-order valence-corrected chi connectivity index (χ3v) is 4.25. The molecule has 0 aromatic heterocycles. The fraction of sp³-hybridized carbons (Fsp3) is 1.00. The Bertz CT molecular complexity index is 221. The lowest BCUT2D eigenvalue weighted by atomic mass is 10.0. The van der Waals surface area contributed by atoms with Gasteiger partial charge in [0.2, 0.25) is 0 Å². The van der Waals surface area contributed by atoms with Gasteiger partial charge in [-0.1, -0.05) is 52.9 Å². The molecule has 0 aromatic carbocycles. The number of ether oxygens (including phenoxy) is 1. The van der Waals surface area contributed by atoms with Crippen LogP contribution in [0.4, 0.5) is 0 Å². The molecule has 3 heteroatoms. The summed E-state index contributed by atoms with van der Waals surface area (Å²) in [4.78, 5) is 2.57. The highest BCUT2D eigenvalue weighted by atomic mass is 16.5. The van der Waals surface area contributed by atoms with Crippen LogP contribution >= 0.6 is 0 Å². The molecule has 1 aliphatic rings. The molecule has 1 saturated heterocycles. The lowest BCUT2D eigenvalue weighted by Crippen LogP contribution is -2.52. The molecule has 1 heterocycles. The van der Waals surface area contributed by atoms with Gasteiger partial charge in [0.15, 0.2) is 0 Å².